The summed E-state index contributed by atoms with van der Waals surface area (Å²) in [4.78, 5) is 0.389. The Morgan fingerprint density at radius 1 is 1.10 bits per heavy atom. The standard InChI is InChI=1S/C13H23NO4S2Si/c1-18-12-6-8-13(9-7-12)19(2,15)14-20(16,17)10-11-21(3,4)5/h6-9H,10-11H2,1-5H3. The first-order valence-corrected chi connectivity index (χ1v) is 13.8. The van der Waals surface area contributed by atoms with Crippen LogP contribution in [0.5, 0.6) is 5.75 Å². The summed E-state index contributed by atoms with van der Waals surface area (Å²) in [5, 5.41) is 0. The molecule has 5 nitrogen and oxygen atoms in total. The Morgan fingerprint density at radius 3 is 2.05 bits per heavy atom. The van der Waals surface area contributed by atoms with Gasteiger partial charge in [0, 0.05) is 19.2 Å². The van der Waals surface area contributed by atoms with Crippen LogP contribution in [0.1, 0.15) is 0 Å². The van der Waals surface area contributed by atoms with E-state index >= 15 is 0 Å². The molecule has 0 amide bonds. The van der Waals surface area contributed by atoms with E-state index in [0.717, 1.165) is 0 Å². The van der Waals surface area contributed by atoms with Crippen LogP contribution < -0.4 is 4.74 Å². The Kier molecular flexibility index (Phi) is 5.62. The van der Waals surface area contributed by atoms with Crippen molar-refractivity contribution in [2.45, 2.75) is 30.6 Å². The van der Waals surface area contributed by atoms with E-state index in [1.165, 1.54) is 13.4 Å². The lowest BCUT2D eigenvalue weighted by atomic mass is 10.3. The number of sulfonamides is 1. The SMILES string of the molecule is COc1ccc(S(C)(=O)=NS(=O)(=O)CC[Si](C)(C)C)cc1. The summed E-state index contributed by atoms with van der Waals surface area (Å²) < 4.78 is 45.3. The molecule has 8 heteroatoms. The molecule has 0 N–H and O–H groups in total. The van der Waals surface area contributed by atoms with Gasteiger partial charge in [-0.05, 0) is 30.3 Å². The van der Waals surface area contributed by atoms with Crippen LogP contribution in [0, 0.1) is 0 Å². The van der Waals surface area contributed by atoms with Crippen LogP contribution in [0.15, 0.2) is 32.9 Å². The molecule has 0 saturated carbocycles. The number of hydrogen-bond donors (Lipinski definition) is 0. The molecule has 1 rings (SSSR count). The summed E-state index contributed by atoms with van der Waals surface area (Å²) >= 11 is 0. The van der Waals surface area contributed by atoms with Gasteiger partial charge in [-0.3, -0.25) is 0 Å². The molecule has 1 aromatic rings. The molecule has 0 aromatic heterocycles. The fraction of sp³-hybridized carbons (Fsp3) is 0.538. The number of benzene rings is 1. The number of hydrogen-bond acceptors (Lipinski definition) is 4. The van der Waals surface area contributed by atoms with Crippen LogP contribution in [0.3, 0.4) is 0 Å². The maximum Gasteiger partial charge on any atom is 0.260 e. The van der Waals surface area contributed by atoms with Gasteiger partial charge in [-0.2, -0.15) is 0 Å². The van der Waals surface area contributed by atoms with E-state index in [1.807, 2.05) is 0 Å². The highest BCUT2D eigenvalue weighted by Gasteiger charge is 2.20. The quantitative estimate of drug-likeness (QED) is 0.740. The van der Waals surface area contributed by atoms with Crippen LogP contribution >= 0.6 is 0 Å². The maximum absolute atomic E-state index is 12.6. The van der Waals surface area contributed by atoms with Gasteiger partial charge < -0.3 is 4.74 Å². The highest BCUT2D eigenvalue weighted by molar-refractivity contribution is 8.03. The number of nitrogens with zero attached hydrogens (tertiary/aromatic N) is 1. The lowest BCUT2D eigenvalue weighted by molar-refractivity contribution is 0.414. The number of ether oxygens (including phenoxy) is 1. The summed E-state index contributed by atoms with van der Waals surface area (Å²) in [5.74, 6) is 0.583. The average molecular weight is 350 g/mol. The second kappa shape index (κ2) is 6.49. The fourth-order valence-corrected chi connectivity index (χ4v) is 8.06. The van der Waals surface area contributed by atoms with Crippen molar-refractivity contribution < 1.29 is 17.4 Å². The van der Waals surface area contributed by atoms with Crippen LogP contribution in [0.2, 0.25) is 25.7 Å². The van der Waals surface area contributed by atoms with Gasteiger partial charge in [-0.15, -0.1) is 3.77 Å². The molecule has 0 aliphatic heterocycles. The highest BCUT2D eigenvalue weighted by Crippen LogP contribution is 2.19. The normalized spacial score (nSPS) is 15.3. The topological polar surface area (TPSA) is 72.8 Å². The van der Waals surface area contributed by atoms with Crippen molar-refractivity contribution in [1.29, 1.82) is 0 Å². The van der Waals surface area contributed by atoms with Gasteiger partial charge in [-0.25, -0.2) is 12.6 Å². The summed E-state index contributed by atoms with van der Waals surface area (Å²) in [7, 11) is -6.60. The van der Waals surface area contributed by atoms with Gasteiger partial charge in [-0.1, -0.05) is 19.6 Å². The molecule has 120 valence electrons. The van der Waals surface area contributed by atoms with Crippen molar-refractivity contribution >= 4 is 27.8 Å². The average Bonchev–Trinajstić information content (AvgIpc) is 2.35. The smallest absolute Gasteiger partial charge is 0.260 e. The van der Waals surface area contributed by atoms with Gasteiger partial charge in [0.1, 0.15) is 5.75 Å². The predicted octanol–water partition coefficient (Wildman–Crippen LogP) is 2.82. The third-order valence-electron chi connectivity index (χ3n) is 2.86. The zero-order chi connectivity index (χ0) is 16.3. The minimum absolute atomic E-state index is 0.0380. The Balaban J connectivity index is 3.07. The van der Waals surface area contributed by atoms with E-state index in [-0.39, 0.29) is 5.75 Å². The molecule has 1 atom stereocenters. The van der Waals surface area contributed by atoms with Crippen molar-refractivity contribution in [3.63, 3.8) is 0 Å². The van der Waals surface area contributed by atoms with Gasteiger partial charge in [0.2, 0.25) is 0 Å². The molecular weight excluding hydrogens is 326 g/mol. The van der Waals surface area contributed by atoms with Gasteiger partial charge in [0.25, 0.3) is 10.0 Å². The zero-order valence-electron chi connectivity index (χ0n) is 13.1. The highest BCUT2D eigenvalue weighted by atomic mass is 32.3. The predicted molar refractivity (Wildman–Crippen MR) is 89.7 cm³/mol. The largest absolute Gasteiger partial charge is 0.497 e. The van der Waals surface area contributed by atoms with E-state index in [9.17, 15) is 12.6 Å². The Morgan fingerprint density at radius 2 is 1.62 bits per heavy atom. The van der Waals surface area contributed by atoms with E-state index in [4.69, 9.17) is 4.74 Å². The minimum Gasteiger partial charge on any atom is -0.497 e. The first-order valence-electron chi connectivity index (χ1n) is 6.55. The molecule has 0 aliphatic carbocycles. The van der Waals surface area contributed by atoms with E-state index in [2.05, 4.69) is 23.4 Å². The molecule has 0 saturated heterocycles. The van der Waals surface area contributed by atoms with Crippen LogP contribution in [0.4, 0.5) is 0 Å². The third kappa shape index (κ3) is 6.19. The minimum atomic E-state index is -3.68. The summed E-state index contributed by atoms with van der Waals surface area (Å²) in [6.45, 7) is 6.28. The second-order valence-corrected chi connectivity index (χ2v) is 16.0. The summed E-state index contributed by atoms with van der Waals surface area (Å²) in [6, 6.07) is 7.06. The van der Waals surface area contributed by atoms with Crippen molar-refractivity contribution in [1.82, 2.24) is 0 Å². The van der Waals surface area contributed by atoms with Gasteiger partial charge in [0.05, 0.1) is 22.6 Å². The summed E-state index contributed by atoms with van der Waals surface area (Å²) in [6.07, 6.45) is 1.35. The van der Waals surface area contributed by atoms with E-state index < -0.39 is 27.8 Å². The molecule has 0 bridgehead atoms. The molecule has 0 spiro atoms. The Bertz CT molecular complexity index is 697. The molecule has 1 aromatic carbocycles. The van der Waals surface area contributed by atoms with Crippen LogP contribution in [0.25, 0.3) is 0 Å². The molecule has 0 radical (unpaired) electrons. The zero-order valence-corrected chi connectivity index (χ0v) is 15.8. The van der Waals surface area contributed by atoms with Crippen molar-refractivity contribution in [3.8, 4) is 5.75 Å². The molecule has 21 heavy (non-hydrogen) atoms. The lowest BCUT2D eigenvalue weighted by Crippen LogP contribution is -2.23. The second-order valence-electron chi connectivity index (χ2n) is 6.15. The van der Waals surface area contributed by atoms with Crippen molar-refractivity contribution in [2.75, 3.05) is 19.1 Å². The van der Waals surface area contributed by atoms with E-state index in [0.29, 0.717) is 16.7 Å². The molecular formula is C13H23NO4S2Si. The van der Waals surface area contributed by atoms with Crippen molar-refractivity contribution in [3.05, 3.63) is 24.3 Å². The molecule has 0 heterocycles. The lowest BCUT2D eigenvalue weighted by Gasteiger charge is -2.14. The van der Waals surface area contributed by atoms with Crippen LogP contribution in [-0.2, 0) is 19.8 Å². The number of rotatable bonds is 6. The first-order chi connectivity index (χ1) is 9.45. The first kappa shape index (κ1) is 18.2. The maximum atomic E-state index is 12.6. The third-order valence-corrected chi connectivity index (χ3v) is 8.89. The number of methoxy groups -OCH3 is 1. The Hall–Kier alpha value is -0.863. The molecule has 1 unspecified atom stereocenters. The Labute approximate surface area is 129 Å². The van der Waals surface area contributed by atoms with E-state index in [1.54, 1.807) is 24.3 Å². The van der Waals surface area contributed by atoms with Crippen LogP contribution in [-0.4, -0.2) is 39.8 Å². The fourth-order valence-electron chi connectivity index (χ4n) is 1.56. The summed E-state index contributed by atoms with van der Waals surface area (Å²) in [5.41, 5.74) is 0. The molecule has 0 fully saturated rings. The monoisotopic (exact) mass is 349 g/mol. The molecule has 0 aliphatic rings. The van der Waals surface area contributed by atoms with Crippen molar-refractivity contribution in [2.24, 2.45) is 3.77 Å². The van der Waals surface area contributed by atoms with Gasteiger partial charge >= 0.3 is 0 Å². The van der Waals surface area contributed by atoms with Gasteiger partial charge in [0.15, 0.2) is 0 Å².